The first-order valence-electron chi connectivity index (χ1n) is 9.20. The number of nitriles is 1. The van der Waals surface area contributed by atoms with Gasteiger partial charge in [-0.3, -0.25) is 9.13 Å². The van der Waals surface area contributed by atoms with Gasteiger partial charge in [0.15, 0.2) is 11.5 Å². The van der Waals surface area contributed by atoms with Gasteiger partial charge in [0.05, 0.1) is 41.1 Å². The van der Waals surface area contributed by atoms with E-state index >= 15 is 0 Å². The maximum absolute atomic E-state index is 12.9. The van der Waals surface area contributed by atoms with Crippen LogP contribution in [0.4, 0.5) is 0 Å². The normalized spacial score (nSPS) is 17.2. The van der Waals surface area contributed by atoms with Gasteiger partial charge in [0.25, 0.3) is 0 Å². The molecule has 140 valence electrons. The molecule has 1 atom stereocenters. The third-order valence-electron chi connectivity index (χ3n) is 5.36. The number of imidazole rings is 1. The third-order valence-corrected chi connectivity index (χ3v) is 5.36. The van der Waals surface area contributed by atoms with Crippen LogP contribution in [0.1, 0.15) is 24.4 Å². The molecule has 0 saturated carbocycles. The summed E-state index contributed by atoms with van der Waals surface area (Å²) in [6.45, 7) is 1.72. The number of hydrogen-bond acceptors (Lipinski definition) is 6. The van der Waals surface area contributed by atoms with Crippen molar-refractivity contribution < 1.29 is 0 Å². The Hall–Kier alpha value is -3.51. The van der Waals surface area contributed by atoms with Crippen molar-refractivity contribution >= 4 is 16.7 Å². The van der Waals surface area contributed by atoms with Gasteiger partial charge in [0, 0.05) is 19.8 Å². The Morgan fingerprint density at radius 1 is 1.32 bits per heavy atom. The molecule has 0 bridgehead atoms. The fourth-order valence-corrected chi connectivity index (χ4v) is 3.87. The van der Waals surface area contributed by atoms with Crippen LogP contribution in [-0.4, -0.2) is 41.8 Å². The van der Waals surface area contributed by atoms with Gasteiger partial charge in [-0.15, -0.1) is 0 Å². The number of aromatic nitrogens is 6. The molecule has 1 N–H and O–H groups in total. The lowest BCUT2D eigenvalue weighted by atomic mass is 10.1. The van der Waals surface area contributed by atoms with Crippen LogP contribution < -0.4 is 11.0 Å². The van der Waals surface area contributed by atoms with Gasteiger partial charge in [0.1, 0.15) is 5.52 Å². The minimum absolute atomic E-state index is 0.0711. The van der Waals surface area contributed by atoms with Crippen LogP contribution >= 0.6 is 0 Å². The second-order valence-electron chi connectivity index (χ2n) is 7.03. The molecule has 5 rings (SSSR count). The van der Waals surface area contributed by atoms with E-state index in [1.807, 2.05) is 0 Å². The van der Waals surface area contributed by atoms with E-state index in [1.54, 1.807) is 51.4 Å². The predicted octanol–water partition coefficient (Wildman–Crippen LogP) is 1.24. The second kappa shape index (κ2) is 6.28. The highest BCUT2D eigenvalue weighted by molar-refractivity contribution is 5.80. The van der Waals surface area contributed by atoms with Crippen molar-refractivity contribution in [3.8, 4) is 17.5 Å². The van der Waals surface area contributed by atoms with Crippen LogP contribution in [-0.2, 0) is 7.05 Å². The van der Waals surface area contributed by atoms with Gasteiger partial charge in [-0.1, -0.05) is 0 Å². The topological polar surface area (TPSA) is 106 Å². The lowest BCUT2D eigenvalue weighted by molar-refractivity contribution is 0.368. The molecule has 0 radical (unpaired) electrons. The maximum Gasteiger partial charge on any atom is 0.330 e. The molecule has 1 aliphatic heterocycles. The standard InChI is InChI=1S/C19H18N8O/c1-25-16-11-22-17(14-10-23-26-6-4-12(8-20)7-15(14)26)24-18(16)27(19(25)28)13-3-2-5-21-9-13/h4,6-7,10-11,13,21H,2-3,5,9H2,1H3. The van der Waals surface area contributed by atoms with E-state index < -0.39 is 0 Å². The Labute approximate surface area is 159 Å². The number of nitrogens with one attached hydrogen (secondary N) is 1. The van der Waals surface area contributed by atoms with Crippen LogP contribution in [0.5, 0.6) is 0 Å². The summed E-state index contributed by atoms with van der Waals surface area (Å²) >= 11 is 0. The highest BCUT2D eigenvalue weighted by Crippen LogP contribution is 2.25. The van der Waals surface area contributed by atoms with Crippen LogP contribution in [0.15, 0.2) is 35.5 Å². The van der Waals surface area contributed by atoms with Crippen molar-refractivity contribution in [2.24, 2.45) is 7.05 Å². The number of pyridine rings is 1. The molecule has 0 aliphatic carbocycles. The Balaban J connectivity index is 1.72. The molecule has 9 nitrogen and oxygen atoms in total. The minimum atomic E-state index is -0.0817. The van der Waals surface area contributed by atoms with Crippen molar-refractivity contribution in [1.29, 1.82) is 5.26 Å². The molecule has 5 heterocycles. The van der Waals surface area contributed by atoms with Gasteiger partial charge in [0.2, 0.25) is 0 Å². The Kier molecular flexibility index (Phi) is 3.74. The largest absolute Gasteiger partial charge is 0.330 e. The van der Waals surface area contributed by atoms with E-state index in [0.29, 0.717) is 22.6 Å². The van der Waals surface area contributed by atoms with Gasteiger partial charge in [-0.25, -0.2) is 19.3 Å². The first-order valence-corrected chi connectivity index (χ1v) is 9.20. The molecule has 1 aliphatic rings. The molecule has 4 aromatic rings. The molecule has 0 aromatic carbocycles. The summed E-state index contributed by atoms with van der Waals surface area (Å²) in [4.78, 5) is 22.1. The number of nitrogens with zero attached hydrogens (tertiary/aromatic N) is 7. The first-order chi connectivity index (χ1) is 13.7. The predicted molar refractivity (Wildman–Crippen MR) is 103 cm³/mol. The fraction of sp³-hybridized carbons (Fsp3) is 0.316. The quantitative estimate of drug-likeness (QED) is 0.566. The second-order valence-corrected chi connectivity index (χ2v) is 7.03. The average molecular weight is 374 g/mol. The van der Waals surface area contributed by atoms with Crippen LogP contribution in [0.25, 0.3) is 28.1 Å². The number of fused-ring (bicyclic) bond motifs is 2. The van der Waals surface area contributed by atoms with E-state index in [1.165, 1.54) is 0 Å². The molecule has 4 aromatic heterocycles. The van der Waals surface area contributed by atoms with Crippen LogP contribution in [0, 0.1) is 11.3 Å². The van der Waals surface area contributed by atoms with E-state index in [4.69, 9.17) is 4.98 Å². The molecule has 28 heavy (non-hydrogen) atoms. The van der Waals surface area contributed by atoms with Gasteiger partial charge < -0.3 is 5.32 Å². The Morgan fingerprint density at radius 2 is 2.21 bits per heavy atom. The van der Waals surface area contributed by atoms with Crippen molar-refractivity contribution in [2.45, 2.75) is 18.9 Å². The molecular formula is C19H18N8O. The molecule has 1 fully saturated rings. The van der Waals surface area contributed by atoms with E-state index in [2.05, 4.69) is 21.5 Å². The zero-order valence-corrected chi connectivity index (χ0v) is 15.3. The summed E-state index contributed by atoms with van der Waals surface area (Å²) in [6, 6.07) is 5.68. The molecule has 9 heteroatoms. The SMILES string of the molecule is Cn1c(=O)n(C2CCCNC2)c2nc(-c3cnn4ccc(C#N)cc34)ncc21. The fourth-order valence-electron chi connectivity index (χ4n) is 3.87. The lowest BCUT2D eigenvalue weighted by Gasteiger charge is -2.23. The smallest absolute Gasteiger partial charge is 0.315 e. The van der Waals surface area contributed by atoms with E-state index in [9.17, 15) is 10.1 Å². The summed E-state index contributed by atoms with van der Waals surface area (Å²) < 4.78 is 5.06. The van der Waals surface area contributed by atoms with Gasteiger partial charge >= 0.3 is 5.69 Å². The summed E-state index contributed by atoms with van der Waals surface area (Å²) in [5, 5.41) is 16.9. The van der Waals surface area contributed by atoms with Gasteiger partial charge in [-0.2, -0.15) is 10.4 Å². The molecule has 0 amide bonds. The summed E-state index contributed by atoms with van der Waals surface area (Å²) in [6.07, 6.45) is 7.07. The lowest BCUT2D eigenvalue weighted by Crippen LogP contribution is -2.36. The monoisotopic (exact) mass is 374 g/mol. The van der Waals surface area contributed by atoms with Crippen molar-refractivity contribution in [3.05, 3.63) is 46.8 Å². The number of piperidine rings is 1. The highest BCUT2D eigenvalue weighted by atomic mass is 16.1. The third kappa shape index (κ3) is 2.42. The van der Waals surface area contributed by atoms with Gasteiger partial charge in [-0.05, 0) is 31.5 Å². The Morgan fingerprint density at radius 3 is 3.00 bits per heavy atom. The summed E-state index contributed by atoms with van der Waals surface area (Å²) in [5.74, 6) is 0.487. The zero-order chi connectivity index (χ0) is 19.3. The van der Waals surface area contributed by atoms with Crippen LogP contribution in [0.3, 0.4) is 0 Å². The van der Waals surface area contributed by atoms with Crippen molar-refractivity contribution in [3.63, 3.8) is 0 Å². The van der Waals surface area contributed by atoms with Crippen molar-refractivity contribution in [1.82, 2.24) is 34.0 Å². The van der Waals surface area contributed by atoms with Crippen molar-refractivity contribution in [2.75, 3.05) is 13.1 Å². The average Bonchev–Trinajstić information content (AvgIpc) is 3.27. The molecular weight excluding hydrogens is 356 g/mol. The van der Waals surface area contributed by atoms with E-state index in [-0.39, 0.29) is 11.7 Å². The molecule has 1 saturated heterocycles. The molecule has 0 spiro atoms. The molecule has 1 unspecified atom stereocenters. The summed E-state index contributed by atoms with van der Waals surface area (Å²) in [5.41, 5.74) is 3.27. The number of aryl methyl sites for hydroxylation is 1. The Bertz CT molecular complexity index is 1300. The number of rotatable bonds is 2. The minimum Gasteiger partial charge on any atom is -0.315 e. The van der Waals surface area contributed by atoms with E-state index in [0.717, 1.165) is 37.0 Å². The van der Waals surface area contributed by atoms with Crippen LogP contribution in [0.2, 0.25) is 0 Å². The summed E-state index contributed by atoms with van der Waals surface area (Å²) in [7, 11) is 1.75. The number of hydrogen-bond donors (Lipinski definition) is 1. The zero-order valence-electron chi connectivity index (χ0n) is 15.3. The first kappa shape index (κ1) is 16.6. The maximum atomic E-state index is 12.9. The highest BCUT2D eigenvalue weighted by Gasteiger charge is 2.23.